The van der Waals surface area contributed by atoms with E-state index in [-0.39, 0.29) is 5.41 Å². The molecule has 0 fully saturated rings. The molecule has 0 aliphatic rings. The van der Waals surface area contributed by atoms with Crippen LogP contribution in [0.5, 0.6) is 11.6 Å². The third-order valence-corrected chi connectivity index (χ3v) is 4.61. The summed E-state index contributed by atoms with van der Waals surface area (Å²) in [6, 6.07) is 23.7. The maximum Gasteiger partial charge on any atom is 0.219 e. The summed E-state index contributed by atoms with van der Waals surface area (Å²) < 4.78 is 12.8. The second kappa shape index (κ2) is 8.47. The quantitative estimate of drug-likeness (QED) is 0.468. The summed E-state index contributed by atoms with van der Waals surface area (Å²) in [4.78, 5) is 4.52. The van der Waals surface area contributed by atoms with Gasteiger partial charge in [-0.3, -0.25) is 0 Å². The fourth-order valence-electron chi connectivity index (χ4n) is 2.60. The Balaban J connectivity index is 1.58. The van der Waals surface area contributed by atoms with E-state index in [1.807, 2.05) is 48.5 Å². The van der Waals surface area contributed by atoms with E-state index in [4.69, 9.17) is 9.47 Å². The Hall–Kier alpha value is -2.17. The summed E-state index contributed by atoms with van der Waals surface area (Å²) in [5.41, 5.74) is 2.03. The highest BCUT2D eigenvalue weighted by molar-refractivity contribution is 9.10. The Morgan fingerprint density at radius 3 is 2.35 bits per heavy atom. The molecule has 2 aromatic carbocycles. The topological polar surface area (TPSA) is 31.4 Å². The van der Waals surface area contributed by atoms with Crippen molar-refractivity contribution in [3.8, 4) is 11.6 Å². The first kappa shape index (κ1) is 18.6. The third kappa shape index (κ3) is 5.16. The summed E-state index contributed by atoms with van der Waals surface area (Å²) in [6.45, 7) is 5.42. The Morgan fingerprint density at radius 1 is 0.885 bits per heavy atom. The van der Waals surface area contributed by atoms with Crippen LogP contribution < -0.4 is 4.74 Å². The maximum atomic E-state index is 5.94. The number of aromatic nitrogens is 1. The molecule has 0 saturated carbocycles. The minimum atomic E-state index is -0.0706. The monoisotopic (exact) mass is 411 g/mol. The Labute approximate surface area is 163 Å². The zero-order valence-corrected chi connectivity index (χ0v) is 16.6. The molecule has 1 aromatic heterocycles. The van der Waals surface area contributed by atoms with Crippen LogP contribution in [0.3, 0.4) is 0 Å². The molecule has 0 spiro atoms. The van der Waals surface area contributed by atoms with Gasteiger partial charge in [0.15, 0.2) is 0 Å². The van der Waals surface area contributed by atoms with E-state index in [2.05, 4.69) is 59.0 Å². The van der Waals surface area contributed by atoms with E-state index in [0.717, 1.165) is 15.9 Å². The summed E-state index contributed by atoms with van der Waals surface area (Å²) in [5, 5.41) is 0. The number of rotatable bonds is 7. The van der Waals surface area contributed by atoms with Gasteiger partial charge in [0.25, 0.3) is 0 Å². The van der Waals surface area contributed by atoms with Gasteiger partial charge in [0, 0.05) is 16.0 Å². The number of halogens is 1. The molecule has 3 nitrogen and oxygen atoms in total. The molecule has 3 aromatic rings. The lowest BCUT2D eigenvalue weighted by molar-refractivity contribution is 0.0802. The molecule has 0 saturated heterocycles. The van der Waals surface area contributed by atoms with Crippen LogP contribution in [-0.4, -0.2) is 11.6 Å². The Kier molecular flexibility index (Phi) is 6.07. The smallest absolute Gasteiger partial charge is 0.219 e. The molecule has 0 aliphatic carbocycles. The number of pyridine rings is 1. The van der Waals surface area contributed by atoms with Gasteiger partial charge in [-0.1, -0.05) is 66.2 Å². The second-order valence-corrected chi connectivity index (χ2v) is 7.68. The molecule has 0 atom stereocenters. The molecule has 0 aliphatic heterocycles. The van der Waals surface area contributed by atoms with Gasteiger partial charge in [-0.2, -0.15) is 0 Å². The predicted molar refractivity (Wildman–Crippen MR) is 108 cm³/mol. The lowest BCUT2D eigenvalue weighted by Gasteiger charge is -2.25. The lowest BCUT2D eigenvalue weighted by atomic mass is 9.86. The van der Waals surface area contributed by atoms with E-state index in [9.17, 15) is 0 Å². The first-order valence-corrected chi connectivity index (χ1v) is 9.35. The van der Waals surface area contributed by atoms with Gasteiger partial charge in [-0.15, -0.1) is 0 Å². The summed E-state index contributed by atoms with van der Waals surface area (Å²) in [5.74, 6) is 1.35. The highest BCUT2D eigenvalue weighted by Gasteiger charge is 2.20. The molecule has 0 bridgehead atoms. The van der Waals surface area contributed by atoms with Crippen molar-refractivity contribution in [1.29, 1.82) is 0 Å². The van der Waals surface area contributed by atoms with E-state index in [1.165, 1.54) is 5.56 Å². The minimum absolute atomic E-state index is 0.0706. The van der Waals surface area contributed by atoms with E-state index in [0.29, 0.717) is 19.1 Å². The summed E-state index contributed by atoms with van der Waals surface area (Å²) in [6.07, 6.45) is 0. The molecule has 0 N–H and O–H groups in total. The van der Waals surface area contributed by atoms with Crippen molar-refractivity contribution in [2.24, 2.45) is 0 Å². The highest BCUT2D eigenvalue weighted by atomic mass is 79.9. The van der Waals surface area contributed by atoms with Gasteiger partial charge in [-0.25, -0.2) is 4.98 Å². The van der Waals surface area contributed by atoms with Crippen molar-refractivity contribution in [2.45, 2.75) is 25.9 Å². The zero-order chi connectivity index (χ0) is 18.4. The lowest BCUT2D eigenvalue weighted by Crippen LogP contribution is -2.24. The van der Waals surface area contributed by atoms with E-state index in [1.54, 1.807) is 0 Å². The van der Waals surface area contributed by atoms with Crippen LogP contribution in [0, 0.1) is 0 Å². The normalized spacial score (nSPS) is 11.3. The molecular formula is C22H22BrNO2. The van der Waals surface area contributed by atoms with Crippen molar-refractivity contribution in [1.82, 2.24) is 4.98 Å². The number of ether oxygens (including phenoxy) is 2. The van der Waals surface area contributed by atoms with Gasteiger partial charge in [0.05, 0.1) is 18.9 Å². The van der Waals surface area contributed by atoms with Gasteiger partial charge in [-0.05, 0) is 35.9 Å². The zero-order valence-electron chi connectivity index (χ0n) is 15.0. The summed E-state index contributed by atoms with van der Waals surface area (Å²) in [7, 11) is 0. The van der Waals surface area contributed by atoms with Crippen LogP contribution in [0.4, 0.5) is 0 Å². The summed E-state index contributed by atoms with van der Waals surface area (Å²) >= 11 is 3.47. The first-order valence-electron chi connectivity index (χ1n) is 8.55. The van der Waals surface area contributed by atoms with Crippen molar-refractivity contribution in [3.63, 3.8) is 0 Å². The van der Waals surface area contributed by atoms with Crippen LogP contribution in [-0.2, 0) is 16.8 Å². The van der Waals surface area contributed by atoms with Crippen LogP contribution in [0.1, 0.15) is 25.1 Å². The number of hydrogen-bond donors (Lipinski definition) is 0. The molecule has 3 rings (SSSR count). The predicted octanol–water partition coefficient (Wildman–Crippen LogP) is 6.13. The number of benzene rings is 2. The molecule has 134 valence electrons. The van der Waals surface area contributed by atoms with Gasteiger partial charge >= 0.3 is 0 Å². The van der Waals surface area contributed by atoms with Crippen LogP contribution in [0.15, 0.2) is 77.3 Å². The molecule has 0 radical (unpaired) electrons. The molecule has 26 heavy (non-hydrogen) atoms. The highest BCUT2D eigenvalue weighted by Crippen LogP contribution is 2.25. The van der Waals surface area contributed by atoms with Gasteiger partial charge in [0.2, 0.25) is 5.88 Å². The van der Waals surface area contributed by atoms with Crippen molar-refractivity contribution >= 4 is 15.9 Å². The Bertz CT molecular complexity index is 832. The minimum Gasteiger partial charge on any atom is -0.439 e. The fraction of sp³-hybridized carbons (Fsp3) is 0.227. The van der Waals surface area contributed by atoms with Gasteiger partial charge in [0.1, 0.15) is 5.75 Å². The largest absolute Gasteiger partial charge is 0.439 e. The molecular weight excluding hydrogens is 390 g/mol. The fourth-order valence-corrected chi connectivity index (χ4v) is 2.86. The third-order valence-electron chi connectivity index (χ3n) is 4.09. The average molecular weight is 412 g/mol. The molecule has 1 heterocycles. The molecule has 0 amide bonds. The maximum absolute atomic E-state index is 5.94. The van der Waals surface area contributed by atoms with E-state index >= 15 is 0 Å². The van der Waals surface area contributed by atoms with Gasteiger partial charge < -0.3 is 9.47 Å². The van der Waals surface area contributed by atoms with Crippen LogP contribution >= 0.6 is 15.9 Å². The molecule has 0 unspecified atom stereocenters. The Morgan fingerprint density at radius 2 is 1.62 bits per heavy atom. The first-order chi connectivity index (χ1) is 12.5. The van der Waals surface area contributed by atoms with Crippen LogP contribution in [0.2, 0.25) is 0 Å². The van der Waals surface area contributed by atoms with Crippen LogP contribution in [0.25, 0.3) is 0 Å². The average Bonchev–Trinajstić information content (AvgIpc) is 2.63. The number of nitrogens with zero attached hydrogens (tertiary/aromatic N) is 1. The van der Waals surface area contributed by atoms with Crippen molar-refractivity contribution in [2.75, 3.05) is 6.61 Å². The van der Waals surface area contributed by atoms with E-state index < -0.39 is 0 Å². The second-order valence-electron chi connectivity index (χ2n) is 6.77. The standard InChI is InChI=1S/C22H22BrNO2/c1-22(2,17-11-13-18(23)14-12-17)16-25-15-19-7-6-10-21(24-19)26-20-8-4-3-5-9-20/h3-14H,15-16H2,1-2H3. The molecule has 4 heteroatoms. The SMILES string of the molecule is CC(C)(COCc1cccc(Oc2ccccc2)n1)c1ccc(Br)cc1. The number of hydrogen-bond acceptors (Lipinski definition) is 3. The number of para-hydroxylation sites is 1. The van der Waals surface area contributed by atoms with Crippen molar-refractivity contribution in [3.05, 3.63) is 88.5 Å². The van der Waals surface area contributed by atoms with Crippen molar-refractivity contribution < 1.29 is 9.47 Å².